The maximum Gasteiger partial charge on any atom is 0.418 e. The number of carbonyl (C=O) groups excluding carboxylic acids is 1. The molecule has 0 aliphatic heterocycles. The van der Waals surface area contributed by atoms with Gasteiger partial charge in [0.05, 0.1) is 28.2 Å². The van der Waals surface area contributed by atoms with Gasteiger partial charge < -0.3 is 11.1 Å². The summed E-state index contributed by atoms with van der Waals surface area (Å²) in [6.07, 6.45) is -9.55. The van der Waals surface area contributed by atoms with Crippen molar-refractivity contribution in [2.75, 3.05) is 11.1 Å². The van der Waals surface area contributed by atoms with Crippen molar-refractivity contribution in [3.63, 3.8) is 0 Å². The zero-order chi connectivity index (χ0) is 24.0. The molecule has 4 rings (SSSR count). The normalized spacial score (nSPS) is 12.2. The molecule has 0 spiro atoms. The predicted octanol–water partition coefficient (Wildman–Crippen LogP) is 6.84. The minimum absolute atomic E-state index is 0.0195. The second-order valence-corrected chi connectivity index (χ2v) is 7.94. The molecule has 4 aromatic rings. The Hall–Kier alpha value is -3.60. The number of carbonyl (C=O) groups is 1. The van der Waals surface area contributed by atoms with Crippen LogP contribution in [-0.2, 0) is 12.4 Å². The fourth-order valence-electron chi connectivity index (χ4n) is 3.29. The molecule has 2 heterocycles. The number of fused-ring (bicyclic) bond motifs is 1. The number of nitrogens with zero attached hydrogens (tertiary/aromatic N) is 1. The van der Waals surface area contributed by atoms with Gasteiger partial charge in [-0.3, -0.25) is 4.79 Å². The molecule has 0 atom stereocenters. The lowest BCUT2D eigenvalue weighted by atomic mass is 10.1. The van der Waals surface area contributed by atoms with Crippen molar-refractivity contribution in [2.24, 2.45) is 0 Å². The highest BCUT2D eigenvalue weighted by Crippen LogP contribution is 2.44. The highest BCUT2D eigenvalue weighted by molar-refractivity contribution is 7.21. The van der Waals surface area contributed by atoms with Crippen molar-refractivity contribution < 1.29 is 31.1 Å². The van der Waals surface area contributed by atoms with Gasteiger partial charge in [-0.15, -0.1) is 11.3 Å². The topological polar surface area (TPSA) is 68.0 Å². The Morgan fingerprint density at radius 1 is 0.879 bits per heavy atom. The van der Waals surface area contributed by atoms with Crippen molar-refractivity contribution in [3.8, 4) is 11.3 Å². The van der Waals surface area contributed by atoms with Gasteiger partial charge in [0, 0.05) is 10.9 Å². The molecule has 0 saturated carbocycles. The molecule has 0 aliphatic carbocycles. The fraction of sp³-hybridized carbons (Fsp3) is 0.0909. The molecule has 0 radical (unpaired) electrons. The van der Waals surface area contributed by atoms with E-state index in [-0.39, 0.29) is 15.4 Å². The number of para-hydroxylation sites is 1. The van der Waals surface area contributed by atoms with Crippen LogP contribution in [0.1, 0.15) is 20.8 Å². The monoisotopic (exact) mass is 481 g/mol. The number of alkyl halides is 6. The van der Waals surface area contributed by atoms with Crippen LogP contribution in [0.4, 0.5) is 37.7 Å². The summed E-state index contributed by atoms with van der Waals surface area (Å²) in [6.45, 7) is 0. The van der Waals surface area contributed by atoms with E-state index in [2.05, 4.69) is 10.3 Å². The van der Waals surface area contributed by atoms with E-state index in [9.17, 15) is 31.1 Å². The lowest BCUT2D eigenvalue weighted by molar-refractivity contribution is -0.137. The van der Waals surface area contributed by atoms with E-state index < -0.39 is 46.1 Å². The molecule has 0 fully saturated rings. The smallest absolute Gasteiger partial charge is 0.397 e. The van der Waals surface area contributed by atoms with Crippen LogP contribution in [0.15, 0.2) is 60.7 Å². The third-order valence-corrected chi connectivity index (χ3v) is 5.86. The fourth-order valence-corrected chi connectivity index (χ4v) is 4.30. The third kappa shape index (κ3) is 4.36. The Balaban J connectivity index is 1.84. The number of thiophene rings is 1. The second kappa shape index (κ2) is 8.07. The molecular formula is C22H13F6N3OS. The van der Waals surface area contributed by atoms with Crippen LogP contribution in [-0.4, -0.2) is 10.9 Å². The molecule has 0 saturated heterocycles. The van der Waals surface area contributed by atoms with Gasteiger partial charge in [-0.05, 0) is 18.2 Å². The molecular weight excluding hydrogens is 468 g/mol. The molecule has 4 nitrogen and oxygen atoms in total. The summed E-state index contributed by atoms with van der Waals surface area (Å²) in [5.74, 6) is -1.07. The highest BCUT2D eigenvalue weighted by Gasteiger charge is 2.37. The van der Waals surface area contributed by atoms with E-state index in [0.29, 0.717) is 16.9 Å². The summed E-state index contributed by atoms with van der Waals surface area (Å²) >= 11 is 0.574. The molecule has 11 heteroatoms. The van der Waals surface area contributed by atoms with Gasteiger partial charge in [0.2, 0.25) is 0 Å². The first kappa shape index (κ1) is 22.6. The van der Waals surface area contributed by atoms with Gasteiger partial charge in [0.15, 0.2) is 0 Å². The molecule has 0 bridgehead atoms. The lowest BCUT2D eigenvalue weighted by Gasteiger charge is -2.13. The number of hydrogen-bond acceptors (Lipinski definition) is 4. The maximum atomic E-state index is 13.8. The van der Waals surface area contributed by atoms with Gasteiger partial charge in [-0.2, -0.15) is 26.3 Å². The quantitative estimate of drug-likeness (QED) is 0.315. The van der Waals surface area contributed by atoms with Gasteiger partial charge >= 0.3 is 12.4 Å². The average Bonchev–Trinajstić information content (AvgIpc) is 3.09. The molecule has 170 valence electrons. The molecule has 0 aliphatic rings. The summed E-state index contributed by atoms with van der Waals surface area (Å²) in [4.78, 5) is 16.4. The molecule has 0 unspecified atom stereocenters. The number of benzene rings is 2. The van der Waals surface area contributed by atoms with Crippen LogP contribution >= 0.6 is 11.3 Å². The van der Waals surface area contributed by atoms with Gasteiger partial charge in [0.25, 0.3) is 5.91 Å². The Labute approximate surface area is 186 Å². The van der Waals surface area contributed by atoms with Crippen LogP contribution < -0.4 is 11.1 Å². The van der Waals surface area contributed by atoms with Crippen LogP contribution in [0.3, 0.4) is 0 Å². The summed E-state index contributed by atoms with van der Waals surface area (Å²) in [6, 6.07) is 13.2. The zero-order valence-electron chi connectivity index (χ0n) is 16.4. The number of amides is 1. The van der Waals surface area contributed by atoms with E-state index in [1.54, 1.807) is 30.3 Å². The molecule has 2 aromatic heterocycles. The van der Waals surface area contributed by atoms with Crippen LogP contribution in [0, 0.1) is 0 Å². The Morgan fingerprint density at radius 3 is 2.12 bits per heavy atom. The van der Waals surface area contributed by atoms with Crippen molar-refractivity contribution >= 4 is 38.8 Å². The van der Waals surface area contributed by atoms with Crippen LogP contribution in [0.2, 0.25) is 0 Å². The van der Waals surface area contributed by atoms with Crippen molar-refractivity contribution in [2.45, 2.75) is 12.4 Å². The van der Waals surface area contributed by atoms with Crippen molar-refractivity contribution in [1.82, 2.24) is 4.98 Å². The number of rotatable bonds is 3. The largest absolute Gasteiger partial charge is 0.418 e. The number of hydrogen-bond donors (Lipinski definition) is 2. The lowest BCUT2D eigenvalue weighted by Crippen LogP contribution is -2.16. The van der Waals surface area contributed by atoms with E-state index in [0.717, 1.165) is 24.3 Å². The van der Waals surface area contributed by atoms with Gasteiger partial charge in [-0.25, -0.2) is 4.98 Å². The third-order valence-electron chi connectivity index (χ3n) is 4.76. The number of nitrogens with one attached hydrogen (secondary N) is 1. The summed E-state index contributed by atoms with van der Waals surface area (Å²) in [5, 5.41) is 1.63. The SMILES string of the molecule is Nc1c(C(=O)Nc2ccccc2C(F)(F)F)sc2nc(-c3ccccc3)cc(C(F)(F)F)c12. The maximum absolute atomic E-state index is 13.8. The van der Waals surface area contributed by atoms with E-state index in [1.165, 1.54) is 6.07 Å². The standard InChI is InChI=1S/C22H13F6N3OS/c23-21(24,25)12-8-4-5-9-14(12)30-19(32)18-17(29)16-13(22(26,27)28)10-15(31-20(16)33-18)11-6-2-1-3-7-11/h1-10H,29H2,(H,30,32). The Bertz CT molecular complexity index is 1350. The number of halogens is 6. The van der Waals surface area contributed by atoms with E-state index in [4.69, 9.17) is 5.73 Å². The van der Waals surface area contributed by atoms with E-state index >= 15 is 0 Å². The first-order valence-corrected chi connectivity index (χ1v) is 10.1. The minimum Gasteiger partial charge on any atom is -0.397 e. The summed E-state index contributed by atoms with van der Waals surface area (Å²) < 4.78 is 81.2. The molecule has 3 N–H and O–H groups in total. The van der Waals surface area contributed by atoms with Gasteiger partial charge in [0.1, 0.15) is 9.71 Å². The van der Waals surface area contributed by atoms with Crippen molar-refractivity contribution in [1.29, 1.82) is 0 Å². The number of nitrogen functional groups attached to an aromatic ring is 1. The Morgan fingerprint density at radius 2 is 1.48 bits per heavy atom. The summed E-state index contributed by atoms with van der Waals surface area (Å²) in [7, 11) is 0. The van der Waals surface area contributed by atoms with Crippen molar-refractivity contribution in [3.05, 3.63) is 76.7 Å². The molecule has 33 heavy (non-hydrogen) atoms. The molecule has 2 aromatic carbocycles. The number of nitrogens with two attached hydrogens (primary N) is 1. The number of pyridine rings is 1. The van der Waals surface area contributed by atoms with Crippen LogP contribution in [0.5, 0.6) is 0 Å². The average molecular weight is 481 g/mol. The zero-order valence-corrected chi connectivity index (χ0v) is 17.2. The number of aromatic nitrogens is 1. The highest BCUT2D eigenvalue weighted by atomic mass is 32.1. The van der Waals surface area contributed by atoms with Gasteiger partial charge in [-0.1, -0.05) is 42.5 Å². The first-order chi connectivity index (χ1) is 15.5. The molecule has 1 amide bonds. The Kier molecular flexibility index (Phi) is 5.52. The predicted molar refractivity (Wildman–Crippen MR) is 114 cm³/mol. The summed E-state index contributed by atoms with van der Waals surface area (Å²) in [5.41, 5.74) is 3.10. The first-order valence-electron chi connectivity index (χ1n) is 9.30. The minimum atomic E-state index is -4.81. The van der Waals surface area contributed by atoms with Crippen LogP contribution in [0.25, 0.3) is 21.5 Å². The number of anilines is 2. The second-order valence-electron chi connectivity index (χ2n) is 6.94. The van der Waals surface area contributed by atoms with E-state index in [1.807, 2.05) is 0 Å².